The number of carboxylic acid groups (broad SMARTS) is 1. The van der Waals surface area contributed by atoms with Crippen LogP contribution in [0.5, 0.6) is 0 Å². The number of morpholine rings is 1. The number of anilines is 1. The molecule has 188 valence electrons. The predicted molar refractivity (Wildman–Crippen MR) is 126 cm³/mol. The van der Waals surface area contributed by atoms with Gasteiger partial charge >= 0.3 is 18.0 Å². The standard InChI is InChI=1S/C25H36N2O7/c1-25(2,3)34-24(31)26(4)20(15-17-5-6-17)23(30)33-21(22(28)29)16-18-7-9-19(10-8-18)27-11-13-32-14-12-27/h7-10,17,20-21H,5-6,11-16H2,1-4H3,(H,28,29). The Bertz CT molecular complexity index is 855. The first-order valence-electron chi connectivity index (χ1n) is 11.8. The Kier molecular flexibility index (Phi) is 8.41. The fraction of sp³-hybridized carbons (Fsp3) is 0.640. The highest BCUT2D eigenvalue weighted by Gasteiger charge is 2.38. The van der Waals surface area contributed by atoms with Crippen LogP contribution in [-0.4, -0.2) is 79.1 Å². The van der Waals surface area contributed by atoms with Crippen LogP contribution in [0.3, 0.4) is 0 Å². The van der Waals surface area contributed by atoms with E-state index in [4.69, 9.17) is 14.2 Å². The Hall–Kier alpha value is -2.81. The first-order chi connectivity index (χ1) is 16.0. The van der Waals surface area contributed by atoms with Crippen LogP contribution < -0.4 is 4.90 Å². The molecule has 0 aromatic heterocycles. The molecule has 1 saturated heterocycles. The number of amides is 1. The summed E-state index contributed by atoms with van der Waals surface area (Å²) in [6.07, 6.45) is 0.427. The van der Waals surface area contributed by atoms with Gasteiger partial charge in [-0.2, -0.15) is 0 Å². The lowest BCUT2D eigenvalue weighted by atomic mass is 10.1. The average molecular weight is 477 g/mol. The van der Waals surface area contributed by atoms with Crippen molar-refractivity contribution in [1.82, 2.24) is 4.90 Å². The highest BCUT2D eigenvalue weighted by molar-refractivity contribution is 5.84. The maximum absolute atomic E-state index is 13.0. The van der Waals surface area contributed by atoms with Gasteiger partial charge in [-0.15, -0.1) is 0 Å². The minimum absolute atomic E-state index is 0.0385. The number of hydrogen-bond donors (Lipinski definition) is 1. The second-order valence-electron chi connectivity index (χ2n) is 10.0. The summed E-state index contributed by atoms with van der Waals surface area (Å²) >= 11 is 0. The van der Waals surface area contributed by atoms with Crippen molar-refractivity contribution in [2.45, 2.75) is 64.2 Å². The third-order valence-electron chi connectivity index (χ3n) is 5.94. The summed E-state index contributed by atoms with van der Waals surface area (Å²) < 4.78 is 16.2. The number of aliphatic carboxylic acids is 1. The summed E-state index contributed by atoms with van der Waals surface area (Å²) in [6, 6.07) is 6.68. The minimum Gasteiger partial charge on any atom is -0.478 e. The molecule has 2 unspecified atom stereocenters. The van der Waals surface area contributed by atoms with E-state index in [0.29, 0.717) is 25.6 Å². The summed E-state index contributed by atoms with van der Waals surface area (Å²) in [4.78, 5) is 40.9. The number of rotatable bonds is 9. The summed E-state index contributed by atoms with van der Waals surface area (Å²) in [5, 5.41) is 9.71. The molecule has 0 bridgehead atoms. The summed E-state index contributed by atoms with van der Waals surface area (Å²) in [5.41, 5.74) is 1.08. The number of ether oxygens (including phenoxy) is 3. The minimum atomic E-state index is -1.35. The van der Waals surface area contributed by atoms with Gasteiger partial charge in [-0.3, -0.25) is 4.90 Å². The smallest absolute Gasteiger partial charge is 0.410 e. The van der Waals surface area contributed by atoms with Gasteiger partial charge in [-0.1, -0.05) is 25.0 Å². The molecule has 2 aliphatic rings. The third-order valence-corrected chi connectivity index (χ3v) is 5.94. The van der Waals surface area contributed by atoms with Crippen molar-refractivity contribution >= 4 is 23.7 Å². The number of nitrogens with zero attached hydrogens (tertiary/aromatic N) is 2. The maximum atomic E-state index is 13.0. The van der Waals surface area contributed by atoms with Crippen molar-refractivity contribution in [2.24, 2.45) is 5.92 Å². The molecule has 1 aromatic rings. The van der Waals surface area contributed by atoms with E-state index < -0.39 is 35.8 Å². The van der Waals surface area contributed by atoms with Crippen LogP contribution in [0.25, 0.3) is 0 Å². The van der Waals surface area contributed by atoms with Crippen LogP contribution in [0.1, 0.15) is 45.6 Å². The summed E-state index contributed by atoms with van der Waals surface area (Å²) in [6.45, 7) is 8.22. The lowest BCUT2D eigenvalue weighted by molar-refractivity contribution is -0.167. The summed E-state index contributed by atoms with van der Waals surface area (Å²) in [7, 11) is 1.49. The summed E-state index contributed by atoms with van der Waals surface area (Å²) in [5.74, 6) is -1.63. The first kappa shape index (κ1) is 25.8. The second-order valence-corrected chi connectivity index (χ2v) is 10.0. The van der Waals surface area contributed by atoms with Crippen LogP contribution in [0.2, 0.25) is 0 Å². The van der Waals surface area contributed by atoms with Crippen molar-refractivity contribution < 1.29 is 33.7 Å². The van der Waals surface area contributed by atoms with Gasteiger partial charge in [-0.25, -0.2) is 14.4 Å². The van der Waals surface area contributed by atoms with E-state index in [1.807, 2.05) is 24.3 Å². The second kappa shape index (κ2) is 11.1. The topological polar surface area (TPSA) is 106 Å². The zero-order valence-corrected chi connectivity index (χ0v) is 20.5. The van der Waals surface area contributed by atoms with Crippen molar-refractivity contribution in [3.05, 3.63) is 29.8 Å². The molecule has 34 heavy (non-hydrogen) atoms. The van der Waals surface area contributed by atoms with Gasteiger partial charge in [0, 0.05) is 32.2 Å². The van der Waals surface area contributed by atoms with E-state index in [-0.39, 0.29) is 6.42 Å². The Balaban J connectivity index is 1.65. The van der Waals surface area contributed by atoms with Gasteiger partial charge in [0.2, 0.25) is 6.10 Å². The molecule has 2 fully saturated rings. The molecule has 1 amide bonds. The van der Waals surface area contributed by atoms with Gasteiger partial charge in [0.1, 0.15) is 11.6 Å². The number of hydrogen-bond acceptors (Lipinski definition) is 7. The highest BCUT2D eigenvalue weighted by Crippen LogP contribution is 2.35. The first-order valence-corrected chi connectivity index (χ1v) is 11.8. The Labute approximate surface area is 200 Å². The molecule has 1 heterocycles. The van der Waals surface area contributed by atoms with Crippen molar-refractivity contribution in [2.75, 3.05) is 38.3 Å². The van der Waals surface area contributed by atoms with E-state index in [0.717, 1.165) is 37.2 Å². The largest absolute Gasteiger partial charge is 0.478 e. The van der Waals surface area contributed by atoms with Crippen LogP contribution in [-0.2, 0) is 30.2 Å². The van der Waals surface area contributed by atoms with Crippen LogP contribution in [0.4, 0.5) is 10.5 Å². The van der Waals surface area contributed by atoms with E-state index >= 15 is 0 Å². The normalized spacial score (nSPS) is 18.1. The van der Waals surface area contributed by atoms with E-state index in [2.05, 4.69) is 4.90 Å². The molecule has 1 N–H and O–H groups in total. The Morgan fingerprint density at radius 2 is 1.76 bits per heavy atom. The van der Waals surface area contributed by atoms with Gasteiger partial charge in [-0.05, 0) is 50.8 Å². The molecule has 0 spiro atoms. The number of carbonyl (C=O) groups excluding carboxylic acids is 2. The van der Waals surface area contributed by atoms with Gasteiger partial charge in [0.15, 0.2) is 0 Å². The molecule has 1 aliphatic carbocycles. The lowest BCUT2D eigenvalue weighted by Gasteiger charge is -2.30. The maximum Gasteiger partial charge on any atom is 0.410 e. The average Bonchev–Trinajstić information content (AvgIpc) is 3.60. The molecule has 2 atom stereocenters. The third kappa shape index (κ3) is 7.62. The van der Waals surface area contributed by atoms with Crippen molar-refractivity contribution in [3.63, 3.8) is 0 Å². The Morgan fingerprint density at radius 1 is 1.15 bits per heavy atom. The fourth-order valence-electron chi connectivity index (χ4n) is 3.82. The SMILES string of the molecule is CN(C(=O)OC(C)(C)C)C(CC1CC1)C(=O)OC(Cc1ccc(N2CCOCC2)cc1)C(=O)O. The van der Waals surface area contributed by atoms with E-state index in [9.17, 15) is 19.5 Å². The highest BCUT2D eigenvalue weighted by atomic mass is 16.6. The molecular formula is C25H36N2O7. The molecule has 0 radical (unpaired) electrons. The van der Waals surface area contributed by atoms with E-state index in [1.54, 1.807) is 20.8 Å². The lowest BCUT2D eigenvalue weighted by Crippen LogP contribution is -2.47. The fourth-order valence-corrected chi connectivity index (χ4v) is 3.82. The number of esters is 1. The predicted octanol–water partition coefficient (Wildman–Crippen LogP) is 3.10. The molecule has 1 aromatic carbocycles. The number of carbonyl (C=O) groups is 3. The van der Waals surface area contributed by atoms with Crippen LogP contribution in [0.15, 0.2) is 24.3 Å². The van der Waals surface area contributed by atoms with Crippen LogP contribution in [0, 0.1) is 5.92 Å². The number of likely N-dealkylation sites (N-methyl/N-ethyl adjacent to an activating group) is 1. The number of benzene rings is 1. The van der Waals surface area contributed by atoms with Gasteiger partial charge in [0.25, 0.3) is 0 Å². The van der Waals surface area contributed by atoms with Gasteiger partial charge in [0.05, 0.1) is 13.2 Å². The molecular weight excluding hydrogens is 440 g/mol. The van der Waals surface area contributed by atoms with Crippen molar-refractivity contribution in [3.8, 4) is 0 Å². The molecule has 1 aliphatic heterocycles. The monoisotopic (exact) mass is 476 g/mol. The molecule has 9 heteroatoms. The Morgan fingerprint density at radius 3 is 2.29 bits per heavy atom. The zero-order chi connectivity index (χ0) is 24.9. The zero-order valence-electron chi connectivity index (χ0n) is 20.5. The van der Waals surface area contributed by atoms with E-state index in [1.165, 1.54) is 11.9 Å². The molecule has 1 saturated carbocycles. The van der Waals surface area contributed by atoms with Gasteiger partial charge < -0.3 is 24.2 Å². The van der Waals surface area contributed by atoms with Crippen LogP contribution >= 0.6 is 0 Å². The molecule has 9 nitrogen and oxygen atoms in total. The molecule has 3 rings (SSSR count). The van der Waals surface area contributed by atoms with Crippen molar-refractivity contribution in [1.29, 1.82) is 0 Å². The quantitative estimate of drug-likeness (QED) is 0.542. The number of carboxylic acids is 1.